The van der Waals surface area contributed by atoms with Crippen molar-refractivity contribution in [1.82, 2.24) is 0 Å². The van der Waals surface area contributed by atoms with Crippen molar-refractivity contribution in [2.24, 2.45) is 5.92 Å². The van der Waals surface area contributed by atoms with Crippen LogP contribution in [0.1, 0.15) is 20.3 Å². The van der Waals surface area contributed by atoms with Gasteiger partial charge in [-0.3, -0.25) is 9.52 Å². The highest BCUT2D eigenvalue weighted by Crippen LogP contribution is 2.17. The smallest absolute Gasteiger partial charge is 0.233 e. The molecule has 1 aromatic carbocycles. The summed E-state index contributed by atoms with van der Waals surface area (Å²) in [6, 6.07) is 6.59. The number of nitrogens with one attached hydrogen (secondary N) is 2. The molecule has 1 aromatic rings. The molecule has 2 N–H and O–H groups in total. The zero-order valence-electron chi connectivity index (χ0n) is 11.5. The van der Waals surface area contributed by atoms with Crippen molar-refractivity contribution >= 4 is 38.9 Å². The molecular weight excluding hydrogens is 300 g/mol. The van der Waals surface area contributed by atoms with E-state index in [-0.39, 0.29) is 23.5 Å². The van der Waals surface area contributed by atoms with Crippen LogP contribution in [0.3, 0.4) is 0 Å². The van der Waals surface area contributed by atoms with Crippen LogP contribution < -0.4 is 10.0 Å². The summed E-state index contributed by atoms with van der Waals surface area (Å²) in [5.41, 5.74) is 0.975. The summed E-state index contributed by atoms with van der Waals surface area (Å²) in [5, 5.41) is 2.67. The molecule has 1 unspecified atom stereocenters. The van der Waals surface area contributed by atoms with E-state index in [1.165, 1.54) is 0 Å². The van der Waals surface area contributed by atoms with Crippen LogP contribution in [-0.2, 0) is 14.8 Å². The van der Waals surface area contributed by atoms with Gasteiger partial charge in [0.05, 0.1) is 11.4 Å². The van der Waals surface area contributed by atoms with Crippen LogP contribution in [0.15, 0.2) is 24.3 Å². The number of halogens is 1. The van der Waals surface area contributed by atoms with Gasteiger partial charge in [-0.15, -0.1) is 11.6 Å². The van der Waals surface area contributed by atoms with Crippen LogP contribution >= 0.6 is 11.6 Å². The van der Waals surface area contributed by atoms with Gasteiger partial charge in [-0.1, -0.05) is 19.9 Å². The Hall–Kier alpha value is -1.27. The van der Waals surface area contributed by atoms with Crippen molar-refractivity contribution in [3.63, 3.8) is 0 Å². The van der Waals surface area contributed by atoms with Crippen LogP contribution in [0.5, 0.6) is 0 Å². The number of carbonyl (C=O) groups excluding carboxylic acids is 1. The number of carbonyl (C=O) groups is 1. The molecule has 0 fully saturated rings. The van der Waals surface area contributed by atoms with E-state index >= 15 is 0 Å². The first kappa shape index (κ1) is 16.8. The van der Waals surface area contributed by atoms with E-state index < -0.39 is 10.0 Å². The Morgan fingerprint density at radius 3 is 2.60 bits per heavy atom. The molecule has 0 aliphatic heterocycles. The molecule has 0 bridgehead atoms. The van der Waals surface area contributed by atoms with E-state index in [0.29, 0.717) is 17.8 Å². The summed E-state index contributed by atoms with van der Waals surface area (Å²) in [6.07, 6.45) is 0.364. The average molecular weight is 319 g/mol. The molecule has 0 spiro atoms. The fourth-order valence-electron chi connectivity index (χ4n) is 1.55. The van der Waals surface area contributed by atoms with Gasteiger partial charge in [0.2, 0.25) is 15.9 Å². The average Bonchev–Trinajstić information content (AvgIpc) is 2.37. The van der Waals surface area contributed by atoms with E-state index in [2.05, 4.69) is 10.0 Å². The molecule has 0 saturated carbocycles. The molecule has 0 radical (unpaired) electrons. The van der Waals surface area contributed by atoms with Crippen molar-refractivity contribution in [2.45, 2.75) is 20.3 Å². The van der Waals surface area contributed by atoms with Crippen LogP contribution in [-0.4, -0.2) is 26.0 Å². The van der Waals surface area contributed by atoms with Crippen LogP contribution in [0.2, 0.25) is 0 Å². The Labute approximate surface area is 124 Å². The van der Waals surface area contributed by atoms with E-state index in [4.69, 9.17) is 11.6 Å². The molecular formula is C13H19ClN2O3S. The fraction of sp³-hybridized carbons (Fsp3) is 0.462. The lowest BCUT2D eigenvalue weighted by Crippen LogP contribution is -2.22. The van der Waals surface area contributed by atoms with E-state index in [9.17, 15) is 13.2 Å². The maximum Gasteiger partial charge on any atom is 0.233 e. The Kier molecular flexibility index (Phi) is 6.29. The van der Waals surface area contributed by atoms with E-state index in [1.807, 2.05) is 0 Å². The first-order valence-corrected chi connectivity index (χ1v) is 8.51. The second-order valence-corrected chi connectivity index (χ2v) is 6.70. The third kappa shape index (κ3) is 5.79. The van der Waals surface area contributed by atoms with Gasteiger partial charge >= 0.3 is 0 Å². The molecule has 5 nitrogen and oxygen atoms in total. The van der Waals surface area contributed by atoms with Gasteiger partial charge in [-0.05, 0) is 24.1 Å². The lowest BCUT2D eigenvalue weighted by atomic mass is 10.3. The highest BCUT2D eigenvalue weighted by molar-refractivity contribution is 7.92. The van der Waals surface area contributed by atoms with Crippen LogP contribution in [0.25, 0.3) is 0 Å². The van der Waals surface area contributed by atoms with Crippen molar-refractivity contribution in [1.29, 1.82) is 0 Å². The fourth-order valence-corrected chi connectivity index (χ4v) is 3.23. The molecule has 20 heavy (non-hydrogen) atoms. The van der Waals surface area contributed by atoms with Crippen LogP contribution in [0.4, 0.5) is 11.4 Å². The highest BCUT2D eigenvalue weighted by atomic mass is 35.5. The number of alkyl halides is 1. The molecule has 1 amide bonds. The SMILES string of the molecule is CCC(=O)Nc1cccc(NS(=O)(=O)CC(C)CCl)c1. The molecule has 0 aromatic heterocycles. The quantitative estimate of drug-likeness (QED) is 0.759. The minimum atomic E-state index is -3.44. The van der Waals surface area contributed by atoms with Crippen molar-refractivity contribution in [3.05, 3.63) is 24.3 Å². The Bertz CT molecular complexity index is 560. The van der Waals surface area contributed by atoms with Crippen molar-refractivity contribution < 1.29 is 13.2 Å². The second-order valence-electron chi connectivity index (χ2n) is 4.63. The molecule has 1 rings (SSSR count). The van der Waals surface area contributed by atoms with Crippen molar-refractivity contribution in [2.75, 3.05) is 21.7 Å². The summed E-state index contributed by atoms with van der Waals surface area (Å²) in [4.78, 5) is 11.3. The lowest BCUT2D eigenvalue weighted by molar-refractivity contribution is -0.115. The Morgan fingerprint density at radius 2 is 2.00 bits per heavy atom. The number of benzene rings is 1. The standard InChI is InChI=1S/C13H19ClN2O3S/c1-3-13(17)15-11-5-4-6-12(7-11)16-20(18,19)9-10(2)8-14/h4-7,10,16H,3,8-9H2,1-2H3,(H,15,17). The number of anilines is 2. The van der Waals surface area contributed by atoms with Crippen molar-refractivity contribution in [3.8, 4) is 0 Å². The summed E-state index contributed by atoms with van der Waals surface area (Å²) in [7, 11) is -3.44. The number of rotatable bonds is 7. The third-order valence-electron chi connectivity index (χ3n) is 2.51. The second kappa shape index (κ2) is 7.50. The number of hydrogen-bond donors (Lipinski definition) is 2. The third-order valence-corrected chi connectivity index (χ3v) is 4.59. The molecule has 1 atom stereocenters. The van der Waals surface area contributed by atoms with Gasteiger partial charge in [-0.25, -0.2) is 8.42 Å². The predicted molar refractivity (Wildman–Crippen MR) is 82.7 cm³/mol. The Morgan fingerprint density at radius 1 is 1.35 bits per heavy atom. The number of sulfonamides is 1. The van der Waals surface area contributed by atoms with Gasteiger partial charge < -0.3 is 5.32 Å². The maximum absolute atomic E-state index is 11.9. The molecule has 0 heterocycles. The zero-order valence-corrected chi connectivity index (χ0v) is 13.1. The molecule has 7 heteroatoms. The molecule has 0 aliphatic rings. The topological polar surface area (TPSA) is 75.3 Å². The van der Waals surface area contributed by atoms with E-state index in [1.54, 1.807) is 38.1 Å². The minimum Gasteiger partial charge on any atom is -0.326 e. The molecule has 0 aliphatic carbocycles. The largest absolute Gasteiger partial charge is 0.326 e. The van der Waals surface area contributed by atoms with Gasteiger partial charge in [-0.2, -0.15) is 0 Å². The van der Waals surface area contributed by atoms with Gasteiger partial charge in [0, 0.05) is 18.0 Å². The molecule has 112 valence electrons. The summed E-state index contributed by atoms with van der Waals surface area (Å²) in [6.45, 7) is 3.51. The molecule has 0 saturated heterocycles. The monoisotopic (exact) mass is 318 g/mol. The lowest BCUT2D eigenvalue weighted by Gasteiger charge is -2.12. The normalized spacial score (nSPS) is 12.8. The van der Waals surface area contributed by atoms with Crippen LogP contribution in [0, 0.1) is 5.92 Å². The Balaban J connectivity index is 2.77. The maximum atomic E-state index is 11.9. The van der Waals surface area contributed by atoms with E-state index in [0.717, 1.165) is 0 Å². The van der Waals surface area contributed by atoms with Gasteiger partial charge in [0.1, 0.15) is 0 Å². The zero-order chi connectivity index (χ0) is 15.2. The summed E-state index contributed by atoms with van der Waals surface area (Å²) in [5.74, 6) is -0.00634. The summed E-state index contributed by atoms with van der Waals surface area (Å²) < 4.78 is 26.3. The summed E-state index contributed by atoms with van der Waals surface area (Å²) >= 11 is 5.62. The first-order valence-electron chi connectivity index (χ1n) is 6.32. The number of amides is 1. The minimum absolute atomic E-state index is 0.0396. The van der Waals surface area contributed by atoms with Gasteiger partial charge in [0.15, 0.2) is 0 Å². The first-order chi connectivity index (χ1) is 9.36. The van der Waals surface area contributed by atoms with Gasteiger partial charge in [0.25, 0.3) is 0 Å². The number of hydrogen-bond acceptors (Lipinski definition) is 3. The predicted octanol–water partition coefficient (Wildman–Crippen LogP) is 2.65. The highest BCUT2D eigenvalue weighted by Gasteiger charge is 2.15.